The Balaban J connectivity index is 3.08. The highest BCUT2D eigenvalue weighted by Gasteiger charge is 2.06. The number of halogens is 2. The van der Waals surface area contributed by atoms with E-state index in [0.717, 1.165) is 6.33 Å². The zero-order valence-corrected chi connectivity index (χ0v) is 4.21. The molecule has 0 aromatic carbocycles. The van der Waals surface area contributed by atoms with Crippen LogP contribution in [0.5, 0.6) is 0 Å². The maximum absolute atomic E-state index is 11.6. The van der Waals surface area contributed by atoms with E-state index in [4.69, 9.17) is 0 Å². The van der Waals surface area contributed by atoms with E-state index in [2.05, 4.69) is 5.10 Å². The molecule has 6 heteroatoms. The van der Waals surface area contributed by atoms with E-state index >= 15 is 0 Å². The van der Waals surface area contributed by atoms with Crippen LogP contribution in [0.4, 0.5) is 8.78 Å². The Labute approximate surface area is 48.1 Å². The first-order chi connectivity index (χ1) is 4.22. The van der Waals surface area contributed by atoms with Crippen LogP contribution in [0.15, 0.2) is 11.1 Å². The van der Waals surface area contributed by atoms with Gasteiger partial charge in [-0.1, -0.05) is 0 Å². The van der Waals surface area contributed by atoms with Crippen LogP contribution in [-0.4, -0.2) is 14.8 Å². The molecule has 1 aromatic rings. The van der Waals surface area contributed by atoms with Crippen LogP contribution in [0.1, 0.15) is 6.55 Å². The molecule has 50 valence electrons. The second-order valence-corrected chi connectivity index (χ2v) is 1.35. The number of alkyl halides is 2. The van der Waals surface area contributed by atoms with Gasteiger partial charge in [0.05, 0.1) is 0 Å². The van der Waals surface area contributed by atoms with Gasteiger partial charge in [-0.05, 0) is 0 Å². The summed E-state index contributed by atoms with van der Waals surface area (Å²) in [6.07, 6.45) is 0.743. The van der Waals surface area contributed by atoms with Crippen LogP contribution in [0.2, 0.25) is 0 Å². The zero-order chi connectivity index (χ0) is 6.85. The number of hydrogen-bond donors (Lipinski definition) is 1. The molecule has 9 heavy (non-hydrogen) atoms. The monoisotopic (exact) mass is 135 g/mol. The minimum absolute atomic E-state index is 0.194. The predicted octanol–water partition coefficient (Wildman–Crippen LogP) is -0.0335. The fourth-order valence-electron chi connectivity index (χ4n) is 0.395. The normalized spacial score (nSPS) is 10.6. The Hall–Kier alpha value is -1.20. The van der Waals surface area contributed by atoms with Crippen molar-refractivity contribution in [2.24, 2.45) is 0 Å². The van der Waals surface area contributed by atoms with Crippen molar-refractivity contribution < 1.29 is 8.78 Å². The summed E-state index contributed by atoms with van der Waals surface area (Å²) in [5.74, 6) is 0. The van der Waals surface area contributed by atoms with Gasteiger partial charge in [0, 0.05) is 0 Å². The molecule has 1 N–H and O–H groups in total. The molecular weight excluding hydrogens is 132 g/mol. The molecule has 0 aliphatic carbocycles. The Kier molecular flexibility index (Phi) is 1.29. The second kappa shape index (κ2) is 1.96. The fourth-order valence-corrected chi connectivity index (χ4v) is 0.395. The molecule has 1 rings (SSSR count). The lowest BCUT2D eigenvalue weighted by Crippen LogP contribution is -2.16. The van der Waals surface area contributed by atoms with Gasteiger partial charge in [0.1, 0.15) is 6.33 Å². The smallest absolute Gasteiger partial charge is 0.246 e. The molecule has 1 heterocycles. The van der Waals surface area contributed by atoms with E-state index in [0.29, 0.717) is 0 Å². The topological polar surface area (TPSA) is 50.7 Å². The molecule has 0 atom stereocenters. The molecule has 0 aliphatic rings. The molecule has 0 saturated carbocycles. The number of rotatable bonds is 1. The maximum atomic E-state index is 11.6. The third kappa shape index (κ3) is 0.956. The largest absolute Gasteiger partial charge is 0.347 e. The third-order valence-electron chi connectivity index (χ3n) is 0.787. The van der Waals surface area contributed by atoms with E-state index < -0.39 is 12.2 Å². The van der Waals surface area contributed by atoms with Crippen molar-refractivity contribution in [2.75, 3.05) is 0 Å². The maximum Gasteiger partial charge on any atom is 0.347 e. The van der Waals surface area contributed by atoms with Crippen molar-refractivity contribution in [3.8, 4) is 0 Å². The molecule has 0 unspecified atom stereocenters. The van der Waals surface area contributed by atoms with E-state index in [1.807, 2.05) is 5.10 Å². The van der Waals surface area contributed by atoms with Crippen molar-refractivity contribution in [3.63, 3.8) is 0 Å². The number of hydrogen-bond acceptors (Lipinski definition) is 2. The minimum atomic E-state index is -2.81. The number of nitrogens with zero attached hydrogens (tertiary/aromatic N) is 2. The first-order valence-electron chi connectivity index (χ1n) is 2.11. The number of H-pyrrole nitrogens is 1. The minimum Gasteiger partial charge on any atom is -0.246 e. The summed E-state index contributed by atoms with van der Waals surface area (Å²) in [6, 6.07) is 0. The molecule has 1 aromatic heterocycles. The van der Waals surface area contributed by atoms with Gasteiger partial charge in [0.15, 0.2) is 0 Å². The summed E-state index contributed by atoms with van der Waals surface area (Å²) < 4.78 is 23.3. The third-order valence-corrected chi connectivity index (χ3v) is 0.787. The molecule has 0 spiro atoms. The fraction of sp³-hybridized carbons (Fsp3) is 0.333. The predicted molar refractivity (Wildman–Crippen MR) is 24.1 cm³/mol. The summed E-state index contributed by atoms with van der Waals surface area (Å²) in [5.41, 5.74) is -0.898. The Bertz CT molecular complexity index is 239. The van der Waals surface area contributed by atoms with Crippen molar-refractivity contribution >= 4 is 0 Å². The second-order valence-electron chi connectivity index (χ2n) is 1.35. The lowest BCUT2D eigenvalue weighted by molar-refractivity contribution is 0.0664. The standard InChI is InChI=1S/C3H3F2N3O/c4-2(5)8-1-6-7-3(8)9/h1-2H,(H,7,9). The molecule has 0 saturated heterocycles. The van der Waals surface area contributed by atoms with Crippen molar-refractivity contribution in [1.29, 1.82) is 0 Å². The highest BCUT2D eigenvalue weighted by molar-refractivity contribution is 4.61. The van der Waals surface area contributed by atoms with Crippen LogP contribution in [0.3, 0.4) is 0 Å². The Morgan fingerprint density at radius 3 is 2.67 bits per heavy atom. The lowest BCUT2D eigenvalue weighted by Gasteiger charge is -1.91. The number of nitrogens with one attached hydrogen (secondary N) is 1. The molecule has 0 aliphatic heterocycles. The van der Waals surface area contributed by atoms with E-state index in [9.17, 15) is 13.6 Å². The van der Waals surface area contributed by atoms with Gasteiger partial charge in [-0.25, -0.2) is 14.5 Å². The van der Waals surface area contributed by atoms with Gasteiger partial charge in [0.2, 0.25) is 0 Å². The Morgan fingerprint density at radius 2 is 2.44 bits per heavy atom. The van der Waals surface area contributed by atoms with Crippen molar-refractivity contribution in [1.82, 2.24) is 14.8 Å². The molecule has 0 amide bonds. The zero-order valence-electron chi connectivity index (χ0n) is 4.21. The lowest BCUT2D eigenvalue weighted by atomic mass is 11.0. The van der Waals surface area contributed by atoms with E-state index in [1.165, 1.54) is 0 Å². The summed E-state index contributed by atoms with van der Waals surface area (Å²) in [7, 11) is 0. The van der Waals surface area contributed by atoms with E-state index in [-0.39, 0.29) is 4.57 Å². The number of aromatic nitrogens is 3. The summed E-state index contributed by atoms with van der Waals surface area (Å²) in [6.45, 7) is -2.81. The molecule has 4 nitrogen and oxygen atoms in total. The summed E-state index contributed by atoms with van der Waals surface area (Å²) >= 11 is 0. The quantitative estimate of drug-likeness (QED) is 0.587. The summed E-state index contributed by atoms with van der Waals surface area (Å²) in [4.78, 5) is 10.2. The molecule has 0 radical (unpaired) electrons. The molecule has 0 fully saturated rings. The van der Waals surface area contributed by atoms with Crippen molar-refractivity contribution in [2.45, 2.75) is 6.55 Å². The van der Waals surface area contributed by atoms with Gasteiger partial charge in [-0.2, -0.15) is 13.9 Å². The van der Waals surface area contributed by atoms with Gasteiger partial charge in [0.25, 0.3) is 0 Å². The van der Waals surface area contributed by atoms with Crippen LogP contribution >= 0.6 is 0 Å². The molecular formula is C3H3F2N3O. The van der Waals surface area contributed by atoms with Crippen LogP contribution in [0, 0.1) is 0 Å². The van der Waals surface area contributed by atoms with Gasteiger partial charge < -0.3 is 0 Å². The SMILES string of the molecule is O=c1[nH]ncn1C(F)F. The van der Waals surface area contributed by atoms with Crippen LogP contribution in [-0.2, 0) is 0 Å². The average Bonchev–Trinajstić information content (AvgIpc) is 2.13. The first kappa shape index (κ1) is 5.93. The molecule has 0 bridgehead atoms. The van der Waals surface area contributed by atoms with Crippen LogP contribution < -0.4 is 5.69 Å². The van der Waals surface area contributed by atoms with Gasteiger partial charge in [-0.15, -0.1) is 0 Å². The highest BCUT2D eigenvalue weighted by atomic mass is 19.3. The summed E-state index contributed by atoms with van der Waals surface area (Å²) in [5, 5.41) is 4.92. The average molecular weight is 135 g/mol. The highest BCUT2D eigenvalue weighted by Crippen LogP contribution is 2.02. The Morgan fingerprint density at radius 1 is 1.78 bits per heavy atom. The van der Waals surface area contributed by atoms with Gasteiger partial charge >= 0.3 is 12.2 Å². The first-order valence-corrected chi connectivity index (χ1v) is 2.11. The van der Waals surface area contributed by atoms with E-state index in [1.54, 1.807) is 0 Å². The van der Waals surface area contributed by atoms with Gasteiger partial charge in [-0.3, -0.25) is 0 Å². The van der Waals surface area contributed by atoms with Crippen molar-refractivity contribution in [3.05, 3.63) is 16.8 Å². The number of aromatic amines is 1. The van der Waals surface area contributed by atoms with Crippen LogP contribution in [0.25, 0.3) is 0 Å².